The second-order valence-electron chi connectivity index (χ2n) is 7.17. The van der Waals surface area contributed by atoms with Gasteiger partial charge < -0.3 is 9.08 Å². The minimum atomic E-state index is -4.10. The van der Waals surface area contributed by atoms with Crippen LogP contribution >= 0.6 is 0 Å². The maximum Gasteiger partial charge on any atom is 0.339 e. The molecule has 0 saturated carbocycles. The lowest BCUT2D eigenvalue weighted by Gasteiger charge is -2.27. The maximum absolute atomic E-state index is 13.5. The topological polar surface area (TPSA) is 63.7 Å². The number of amides is 1. The van der Waals surface area contributed by atoms with E-state index < -0.39 is 21.8 Å². The van der Waals surface area contributed by atoms with Crippen molar-refractivity contribution in [2.75, 3.05) is 0 Å². The quantitative estimate of drug-likeness (QED) is 0.491. The van der Waals surface area contributed by atoms with Gasteiger partial charge in [0.2, 0.25) is 0 Å². The second-order valence-corrected chi connectivity index (χ2v) is 8.72. The highest BCUT2D eigenvalue weighted by atomic mass is 32.2. The molecule has 1 amide bonds. The molecule has 162 valence electrons. The monoisotopic (exact) mass is 445 g/mol. The highest BCUT2D eigenvalue weighted by Gasteiger charge is 2.20. The van der Waals surface area contributed by atoms with Gasteiger partial charge in [-0.05, 0) is 74.0 Å². The van der Waals surface area contributed by atoms with E-state index in [0.29, 0.717) is 0 Å². The average molecular weight is 445 g/mol. The fraction of sp³-hybridized carbons (Fsp3) is 0.174. The van der Waals surface area contributed by atoms with Crippen molar-refractivity contribution >= 4 is 16.0 Å². The molecule has 0 spiro atoms. The molecule has 0 atom stereocenters. The molecule has 8 heteroatoms. The molecule has 3 aromatic rings. The van der Waals surface area contributed by atoms with Crippen molar-refractivity contribution in [2.45, 2.75) is 31.3 Å². The van der Waals surface area contributed by atoms with Crippen LogP contribution in [0.5, 0.6) is 5.75 Å². The highest BCUT2D eigenvalue weighted by molar-refractivity contribution is 7.87. The summed E-state index contributed by atoms with van der Waals surface area (Å²) in [5.74, 6) is -1.27. The molecule has 5 nitrogen and oxygen atoms in total. The first-order valence-electron chi connectivity index (χ1n) is 9.51. The van der Waals surface area contributed by atoms with E-state index in [9.17, 15) is 22.0 Å². The number of carbonyl (C=O) groups excluding carboxylic acids is 1. The molecule has 0 aliphatic heterocycles. The lowest BCUT2D eigenvalue weighted by atomic mass is 10.1. The Hall–Kier alpha value is -3.26. The van der Waals surface area contributed by atoms with E-state index in [0.717, 1.165) is 29.8 Å². The first-order valence-corrected chi connectivity index (χ1v) is 10.9. The highest BCUT2D eigenvalue weighted by Crippen LogP contribution is 2.21. The third kappa shape index (κ3) is 5.67. The third-order valence-corrected chi connectivity index (χ3v) is 5.80. The van der Waals surface area contributed by atoms with Crippen LogP contribution < -0.4 is 4.18 Å². The molecule has 0 aliphatic rings. The van der Waals surface area contributed by atoms with Crippen LogP contribution in [0.2, 0.25) is 0 Å². The van der Waals surface area contributed by atoms with E-state index in [1.807, 2.05) is 13.8 Å². The van der Waals surface area contributed by atoms with Gasteiger partial charge in [-0.1, -0.05) is 18.2 Å². The van der Waals surface area contributed by atoms with Crippen molar-refractivity contribution in [1.82, 2.24) is 4.90 Å². The van der Waals surface area contributed by atoms with Crippen LogP contribution in [-0.2, 0) is 16.7 Å². The summed E-state index contributed by atoms with van der Waals surface area (Å²) in [5, 5.41) is 0. The van der Waals surface area contributed by atoms with Gasteiger partial charge in [0.25, 0.3) is 5.91 Å². The van der Waals surface area contributed by atoms with Gasteiger partial charge in [-0.25, -0.2) is 8.78 Å². The molecular weight excluding hydrogens is 424 g/mol. The van der Waals surface area contributed by atoms with Crippen LogP contribution in [0.1, 0.15) is 29.8 Å². The summed E-state index contributed by atoms with van der Waals surface area (Å²) >= 11 is 0. The fourth-order valence-corrected chi connectivity index (χ4v) is 3.83. The largest absolute Gasteiger partial charge is 0.379 e. The van der Waals surface area contributed by atoms with Crippen molar-refractivity contribution < 1.29 is 26.2 Å². The predicted octanol–water partition coefficient (Wildman–Crippen LogP) is 4.78. The van der Waals surface area contributed by atoms with Crippen LogP contribution in [0.4, 0.5) is 8.78 Å². The van der Waals surface area contributed by atoms with Crippen LogP contribution in [0.15, 0.2) is 77.7 Å². The minimum absolute atomic E-state index is 0.0839. The van der Waals surface area contributed by atoms with Gasteiger partial charge in [-0.2, -0.15) is 8.42 Å². The molecule has 0 unspecified atom stereocenters. The third-order valence-electron chi connectivity index (χ3n) is 4.54. The SMILES string of the molecule is CC(C)N(Cc1ccc(OS(=O)(=O)c2ccc(F)cc2)cc1)C(=O)c1cccc(F)c1. The molecule has 0 radical (unpaired) electrons. The number of carbonyl (C=O) groups is 1. The molecule has 0 N–H and O–H groups in total. The van der Waals surface area contributed by atoms with Gasteiger partial charge in [0.05, 0.1) is 0 Å². The molecular formula is C23H21F2NO4S. The summed E-state index contributed by atoms with van der Waals surface area (Å²) in [6.07, 6.45) is 0. The number of rotatable bonds is 7. The maximum atomic E-state index is 13.5. The molecule has 0 bridgehead atoms. The Kier molecular flexibility index (Phi) is 6.70. The normalized spacial score (nSPS) is 11.4. The standard InChI is InChI=1S/C23H21F2NO4S/c1-16(2)26(23(27)18-4-3-5-20(25)14-18)15-17-6-10-21(11-7-17)30-31(28,29)22-12-8-19(24)9-13-22/h3-14,16H,15H2,1-2H3. The lowest BCUT2D eigenvalue weighted by Crippen LogP contribution is -2.36. The lowest BCUT2D eigenvalue weighted by molar-refractivity contribution is 0.0690. The zero-order valence-corrected chi connectivity index (χ0v) is 17.8. The van der Waals surface area contributed by atoms with E-state index in [1.165, 1.54) is 30.3 Å². The number of nitrogens with zero attached hydrogens (tertiary/aromatic N) is 1. The van der Waals surface area contributed by atoms with Crippen molar-refractivity contribution in [3.05, 3.63) is 95.6 Å². The summed E-state index contributed by atoms with van der Waals surface area (Å²) in [6, 6.07) is 15.9. The second kappa shape index (κ2) is 9.26. The summed E-state index contributed by atoms with van der Waals surface area (Å²) in [6.45, 7) is 3.95. The minimum Gasteiger partial charge on any atom is -0.379 e. The van der Waals surface area contributed by atoms with Crippen molar-refractivity contribution in [3.63, 3.8) is 0 Å². The first kappa shape index (κ1) is 22.4. The zero-order valence-electron chi connectivity index (χ0n) is 17.0. The Balaban J connectivity index is 1.74. The Morgan fingerprint density at radius 3 is 2.16 bits per heavy atom. The van der Waals surface area contributed by atoms with Gasteiger partial charge in [-0.15, -0.1) is 0 Å². The van der Waals surface area contributed by atoms with Gasteiger partial charge in [0.1, 0.15) is 22.3 Å². The summed E-state index contributed by atoms with van der Waals surface area (Å²) in [7, 11) is -4.10. The predicted molar refractivity (Wildman–Crippen MR) is 112 cm³/mol. The molecule has 31 heavy (non-hydrogen) atoms. The molecule has 0 heterocycles. The van der Waals surface area contributed by atoms with Crippen LogP contribution in [0, 0.1) is 11.6 Å². The molecule has 0 aromatic heterocycles. The van der Waals surface area contributed by atoms with Crippen LogP contribution in [0.25, 0.3) is 0 Å². The van der Waals surface area contributed by atoms with Gasteiger partial charge in [-0.3, -0.25) is 4.79 Å². The molecule has 3 aromatic carbocycles. The Morgan fingerprint density at radius 2 is 1.58 bits per heavy atom. The van der Waals surface area contributed by atoms with Crippen LogP contribution in [0.3, 0.4) is 0 Å². The van der Waals surface area contributed by atoms with E-state index in [2.05, 4.69) is 0 Å². The van der Waals surface area contributed by atoms with Gasteiger partial charge in [0.15, 0.2) is 0 Å². The summed E-state index contributed by atoms with van der Waals surface area (Å²) in [5.41, 5.74) is 0.990. The van der Waals surface area contributed by atoms with E-state index in [1.54, 1.807) is 23.1 Å². The van der Waals surface area contributed by atoms with E-state index in [4.69, 9.17) is 4.18 Å². The van der Waals surface area contributed by atoms with E-state index in [-0.39, 0.29) is 34.7 Å². The van der Waals surface area contributed by atoms with Gasteiger partial charge >= 0.3 is 10.1 Å². The molecule has 0 saturated heterocycles. The molecule has 3 rings (SSSR count). The number of benzene rings is 3. The van der Waals surface area contributed by atoms with Gasteiger partial charge in [0, 0.05) is 18.2 Å². The number of hydrogen-bond acceptors (Lipinski definition) is 4. The Labute approximate surface area is 180 Å². The smallest absolute Gasteiger partial charge is 0.339 e. The molecule has 0 aliphatic carbocycles. The van der Waals surface area contributed by atoms with Crippen molar-refractivity contribution in [1.29, 1.82) is 0 Å². The first-order chi connectivity index (χ1) is 14.7. The van der Waals surface area contributed by atoms with Crippen molar-refractivity contribution in [2.24, 2.45) is 0 Å². The average Bonchev–Trinajstić information content (AvgIpc) is 2.72. The number of hydrogen-bond donors (Lipinski definition) is 0. The number of halogens is 2. The Morgan fingerprint density at radius 1 is 0.935 bits per heavy atom. The summed E-state index contributed by atoms with van der Waals surface area (Å²) < 4.78 is 56.2. The molecule has 0 fully saturated rings. The van der Waals surface area contributed by atoms with E-state index >= 15 is 0 Å². The van der Waals surface area contributed by atoms with Crippen LogP contribution in [-0.4, -0.2) is 25.3 Å². The zero-order chi connectivity index (χ0) is 22.6. The van der Waals surface area contributed by atoms with Crippen molar-refractivity contribution in [3.8, 4) is 5.75 Å². The fourth-order valence-electron chi connectivity index (χ4n) is 2.90. The Bertz CT molecular complexity index is 1160. The summed E-state index contributed by atoms with van der Waals surface area (Å²) in [4.78, 5) is 14.2.